The number of nitrogens with one attached hydrogen (secondary N) is 1. The first-order valence-corrected chi connectivity index (χ1v) is 8.66. The van der Waals surface area contributed by atoms with E-state index in [4.69, 9.17) is 0 Å². The van der Waals surface area contributed by atoms with Crippen molar-refractivity contribution in [3.05, 3.63) is 71.8 Å². The van der Waals surface area contributed by atoms with Gasteiger partial charge in [0.15, 0.2) is 0 Å². The van der Waals surface area contributed by atoms with Crippen molar-refractivity contribution < 1.29 is 9.59 Å². The van der Waals surface area contributed by atoms with Gasteiger partial charge in [-0.1, -0.05) is 64.1 Å². The van der Waals surface area contributed by atoms with Crippen molar-refractivity contribution >= 4 is 11.8 Å². The lowest BCUT2D eigenvalue weighted by Crippen LogP contribution is -2.55. The first kappa shape index (κ1) is 18.7. The number of hydrogen-bond acceptors (Lipinski definition) is 2. The Morgan fingerprint density at radius 1 is 0.760 bits per heavy atom. The summed E-state index contributed by atoms with van der Waals surface area (Å²) < 4.78 is 0. The molecule has 4 heteroatoms. The Balaban J connectivity index is 2.35. The molecule has 0 aliphatic heterocycles. The summed E-state index contributed by atoms with van der Waals surface area (Å²) in [4.78, 5) is 25.7. The highest BCUT2D eigenvalue weighted by Crippen LogP contribution is 2.20. The standard InChI is InChI=1S/C21H26N2O2/c1-15(2)19(16(3)4)23(21(25)18-13-9-6-10-14-18)22-20(24)17-11-7-5-8-12-17/h5-16,19H,1-4H3,(H,22,24). The molecule has 0 atom stereocenters. The normalized spacial score (nSPS) is 11.0. The van der Waals surface area contributed by atoms with E-state index in [1.54, 1.807) is 36.4 Å². The van der Waals surface area contributed by atoms with Crippen LogP contribution in [0.15, 0.2) is 60.7 Å². The van der Waals surface area contributed by atoms with Gasteiger partial charge in [-0.05, 0) is 36.1 Å². The zero-order chi connectivity index (χ0) is 18.4. The van der Waals surface area contributed by atoms with Gasteiger partial charge in [-0.15, -0.1) is 0 Å². The first-order chi connectivity index (χ1) is 11.9. The van der Waals surface area contributed by atoms with Crippen molar-refractivity contribution in [3.8, 4) is 0 Å². The third kappa shape index (κ3) is 4.69. The molecule has 0 spiro atoms. The minimum atomic E-state index is -0.281. The topological polar surface area (TPSA) is 49.4 Å². The third-order valence-electron chi connectivity index (χ3n) is 4.16. The van der Waals surface area contributed by atoms with Gasteiger partial charge in [-0.3, -0.25) is 15.0 Å². The molecule has 2 rings (SSSR count). The zero-order valence-electron chi connectivity index (χ0n) is 15.3. The highest BCUT2D eigenvalue weighted by molar-refractivity contribution is 5.99. The van der Waals surface area contributed by atoms with Gasteiger partial charge in [0.25, 0.3) is 11.8 Å². The van der Waals surface area contributed by atoms with E-state index in [-0.39, 0.29) is 29.7 Å². The molecule has 0 heterocycles. The van der Waals surface area contributed by atoms with Crippen LogP contribution in [0.5, 0.6) is 0 Å². The van der Waals surface area contributed by atoms with E-state index >= 15 is 0 Å². The molecule has 0 aliphatic carbocycles. The fraction of sp³-hybridized carbons (Fsp3) is 0.333. The van der Waals surface area contributed by atoms with Gasteiger partial charge in [-0.2, -0.15) is 0 Å². The lowest BCUT2D eigenvalue weighted by Gasteiger charge is -2.37. The molecule has 4 nitrogen and oxygen atoms in total. The second-order valence-electron chi connectivity index (χ2n) is 6.83. The summed E-state index contributed by atoms with van der Waals surface area (Å²) in [6.07, 6.45) is 0. The summed E-state index contributed by atoms with van der Waals surface area (Å²) in [6, 6.07) is 17.9. The molecular formula is C21H26N2O2. The molecule has 2 aromatic rings. The summed E-state index contributed by atoms with van der Waals surface area (Å²) in [5, 5.41) is 1.50. The van der Waals surface area contributed by atoms with Gasteiger partial charge in [0.2, 0.25) is 0 Å². The molecule has 25 heavy (non-hydrogen) atoms. The van der Waals surface area contributed by atoms with Crippen LogP contribution in [0.4, 0.5) is 0 Å². The number of carbonyl (C=O) groups excluding carboxylic acids is 2. The molecule has 0 radical (unpaired) electrons. The molecule has 0 aliphatic rings. The zero-order valence-corrected chi connectivity index (χ0v) is 15.3. The maximum Gasteiger partial charge on any atom is 0.272 e. The molecule has 0 unspecified atom stereocenters. The number of nitrogens with zero attached hydrogens (tertiary/aromatic N) is 1. The Morgan fingerprint density at radius 2 is 1.20 bits per heavy atom. The van der Waals surface area contributed by atoms with Gasteiger partial charge in [0.1, 0.15) is 0 Å². The Labute approximate surface area is 149 Å². The summed E-state index contributed by atoms with van der Waals surface area (Å²) in [5.74, 6) is -0.0825. The maximum absolute atomic E-state index is 13.1. The van der Waals surface area contributed by atoms with Crippen molar-refractivity contribution in [2.24, 2.45) is 11.8 Å². The van der Waals surface area contributed by atoms with E-state index in [0.717, 1.165) is 0 Å². The molecule has 0 aromatic heterocycles. The smallest absolute Gasteiger partial charge is 0.267 e. The van der Waals surface area contributed by atoms with Gasteiger partial charge in [-0.25, -0.2) is 5.01 Å². The van der Waals surface area contributed by atoms with E-state index in [9.17, 15) is 9.59 Å². The van der Waals surface area contributed by atoms with E-state index < -0.39 is 0 Å². The molecule has 0 saturated carbocycles. The van der Waals surface area contributed by atoms with Crippen LogP contribution >= 0.6 is 0 Å². The Kier molecular flexibility index (Phi) is 6.34. The molecule has 2 aromatic carbocycles. The summed E-state index contributed by atoms with van der Waals surface area (Å²) in [7, 11) is 0. The van der Waals surface area contributed by atoms with Crippen LogP contribution in [0, 0.1) is 11.8 Å². The average Bonchev–Trinajstić information content (AvgIpc) is 2.61. The van der Waals surface area contributed by atoms with Crippen LogP contribution in [0.3, 0.4) is 0 Å². The molecule has 2 amide bonds. The van der Waals surface area contributed by atoms with Crippen molar-refractivity contribution in [1.82, 2.24) is 10.4 Å². The van der Waals surface area contributed by atoms with E-state index in [1.807, 2.05) is 24.3 Å². The molecule has 0 fully saturated rings. The first-order valence-electron chi connectivity index (χ1n) is 8.66. The van der Waals surface area contributed by atoms with Crippen LogP contribution in [0.2, 0.25) is 0 Å². The van der Waals surface area contributed by atoms with Gasteiger partial charge in [0.05, 0.1) is 6.04 Å². The summed E-state index contributed by atoms with van der Waals surface area (Å²) in [5.41, 5.74) is 3.92. The second-order valence-corrected chi connectivity index (χ2v) is 6.83. The van der Waals surface area contributed by atoms with E-state index in [1.165, 1.54) is 5.01 Å². The van der Waals surface area contributed by atoms with Crippen LogP contribution in [-0.4, -0.2) is 22.9 Å². The fourth-order valence-corrected chi connectivity index (χ4v) is 3.11. The van der Waals surface area contributed by atoms with E-state index in [0.29, 0.717) is 11.1 Å². The third-order valence-corrected chi connectivity index (χ3v) is 4.16. The fourth-order valence-electron chi connectivity index (χ4n) is 3.11. The monoisotopic (exact) mass is 338 g/mol. The lowest BCUT2D eigenvalue weighted by molar-refractivity contribution is 0.0331. The Bertz CT molecular complexity index is 688. The quantitative estimate of drug-likeness (QED) is 0.833. The van der Waals surface area contributed by atoms with Crippen LogP contribution in [-0.2, 0) is 0 Å². The predicted molar refractivity (Wildman–Crippen MR) is 100.0 cm³/mol. The van der Waals surface area contributed by atoms with Crippen LogP contribution in [0.25, 0.3) is 0 Å². The summed E-state index contributed by atoms with van der Waals surface area (Å²) in [6.45, 7) is 8.24. The maximum atomic E-state index is 13.1. The van der Waals surface area contributed by atoms with Crippen LogP contribution < -0.4 is 5.43 Å². The second kappa shape index (κ2) is 8.47. The highest BCUT2D eigenvalue weighted by Gasteiger charge is 2.31. The number of hydrogen-bond donors (Lipinski definition) is 1. The number of carbonyl (C=O) groups is 2. The predicted octanol–water partition coefficient (Wildman–Crippen LogP) is 4.15. The highest BCUT2D eigenvalue weighted by atomic mass is 16.2. The number of amides is 2. The lowest BCUT2D eigenvalue weighted by atomic mass is 9.92. The minimum absolute atomic E-state index is 0.111. The van der Waals surface area contributed by atoms with Crippen LogP contribution in [0.1, 0.15) is 48.4 Å². The number of hydrazine groups is 1. The number of rotatable bonds is 5. The van der Waals surface area contributed by atoms with Crippen molar-refractivity contribution in [2.75, 3.05) is 0 Å². The Morgan fingerprint density at radius 3 is 1.64 bits per heavy atom. The molecule has 132 valence electrons. The van der Waals surface area contributed by atoms with Crippen molar-refractivity contribution in [1.29, 1.82) is 0 Å². The average molecular weight is 338 g/mol. The molecular weight excluding hydrogens is 312 g/mol. The van der Waals surface area contributed by atoms with Gasteiger partial charge < -0.3 is 0 Å². The minimum Gasteiger partial charge on any atom is -0.267 e. The van der Waals surface area contributed by atoms with E-state index in [2.05, 4.69) is 33.1 Å². The molecule has 0 bridgehead atoms. The van der Waals surface area contributed by atoms with Crippen molar-refractivity contribution in [2.45, 2.75) is 33.7 Å². The van der Waals surface area contributed by atoms with Gasteiger partial charge in [0, 0.05) is 11.1 Å². The number of benzene rings is 2. The summed E-state index contributed by atoms with van der Waals surface area (Å²) >= 11 is 0. The molecule has 1 N–H and O–H groups in total. The largest absolute Gasteiger partial charge is 0.272 e. The Hall–Kier alpha value is -2.62. The van der Waals surface area contributed by atoms with Crippen molar-refractivity contribution in [3.63, 3.8) is 0 Å². The SMILES string of the molecule is CC(C)C(C(C)C)N(NC(=O)c1ccccc1)C(=O)c1ccccc1. The molecule has 0 saturated heterocycles. The van der Waals surface area contributed by atoms with Gasteiger partial charge >= 0.3 is 0 Å².